The van der Waals surface area contributed by atoms with Crippen molar-refractivity contribution in [3.8, 4) is 5.88 Å². The molecule has 2 N–H and O–H groups in total. The molecule has 1 aromatic heterocycles. The van der Waals surface area contributed by atoms with E-state index in [1.54, 1.807) is 0 Å². The van der Waals surface area contributed by atoms with Crippen LogP contribution in [0.4, 0.5) is 14.5 Å². The Morgan fingerprint density at radius 1 is 1.62 bits per heavy atom. The smallest absolute Gasteiger partial charge is 0.267 e. The minimum absolute atomic E-state index is 0.0300. The van der Waals surface area contributed by atoms with E-state index in [-0.39, 0.29) is 17.1 Å². The lowest BCUT2D eigenvalue weighted by Gasteiger charge is -2.08. The Morgan fingerprint density at radius 3 is 2.69 bits per heavy atom. The Kier molecular flexibility index (Phi) is 3.23. The lowest BCUT2D eigenvalue weighted by molar-refractivity contribution is 0.151. The van der Waals surface area contributed by atoms with Crippen LogP contribution >= 0.6 is 22.6 Å². The Hall–Kier alpha value is -0.660. The summed E-state index contributed by atoms with van der Waals surface area (Å²) in [5.74, 6) is 0.266. The van der Waals surface area contributed by atoms with Crippen LogP contribution in [-0.2, 0) is 0 Å². The second-order valence-electron chi connectivity index (χ2n) is 2.25. The lowest BCUT2D eigenvalue weighted by Crippen LogP contribution is -2.02. The zero-order chi connectivity index (χ0) is 10.0. The van der Waals surface area contributed by atoms with E-state index in [4.69, 9.17) is 10.5 Å². The highest BCUT2D eigenvalue weighted by molar-refractivity contribution is 14.1. The van der Waals surface area contributed by atoms with E-state index < -0.39 is 6.43 Å². The molecule has 0 aliphatic heterocycles. The first kappa shape index (κ1) is 10.4. The van der Waals surface area contributed by atoms with E-state index in [0.717, 1.165) is 6.20 Å². The number of aromatic nitrogens is 1. The summed E-state index contributed by atoms with van der Waals surface area (Å²) in [5, 5.41) is 0. The quantitative estimate of drug-likeness (QED) is 0.852. The highest BCUT2D eigenvalue weighted by Gasteiger charge is 2.16. The standard InChI is InChI=1S/C7H7F2IN2O/c1-13-7-4(10)5(11)3(2-12-7)6(8)9/h2,6H,1H3,(H2,11,12). The monoisotopic (exact) mass is 300 g/mol. The van der Waals surface area contributed by atoms with Gasteiger partial charge in [0.25, 0.3) is 6.43 Å². The predicted octanol–water partition coefficient (Wildman–Crippen LogP) is 2.21. The first-order chi connectivity index (χ1) is 6.07. The molecule has 1 rings (SSSR count). The molecule has 0 unspecified atom stereocenters. The fraction of sp³-hybridized carbons (Fsp3) is 0.286. The molecule has 6 heteroatoms. The van der Waals surface area contributed by atoms with E-state index in [1.807, 2.05) is 22.6 Å². The zero-order valence-electron chi connectivity index (χ0n) is 6.72. The van der Waals surface area contributed by atoms with Crippen LogP contribution in [0, 0.1) is 3.57 Å². The van der Waals surface area contributed by atoms with Gasteiger partial charge in [0.05, 0.1) is 21.9 Å². The van der Waals surface area contributed by atoms with E-state index in [0.29, 0.717) is 3.57 Å². The van der Waals surface area contributed by atoms with Crippen molar-refractivity contribution in [1.82, 2.24) is 4.98 Å². The normalized spacial score (nSPS) is 10.5. The summed E-state index contributed by atoms with van der Waals surface area (Å²) in [7, 11) is 1.41. The Bertz CT molecular complexity index is 320. The van der Waals surface area contributed by atoms with Crippen LogP contribution in [0.1, 0.15) is 12.0 Å². The molecule has 1 aromatic rings. The van der Waals surface area contributed by atoms with Gasteiger partial charge in [-0.05, 0) is 22.6 Å². The van der Waals surface area contributed by atoms with E-state index in [2.05, 4.69) is 4.98 Å². The largest absolute Gasteiger partial charge is 0.480 e. The molecule has 72 valence electrons. The SMILES string of the molecule is COc1ncc(C(F)F)c(N)c1I. The minimum Gasteiger partial charge on any atom is -0.480 e. The van der Waals surface area contributed by atoms with Crippen LogP contribution in [0.3, 0.4) is 0 Å². The average Bonchev–Trinajstić information content (AvgIpc) is 2.09. The van der Waals surface area contributed by atoms with Gasteiger partial charge in [0.2, 0.25) is 5.88 Å². The summed E-state index contributed by atoms with van der Waals surface area (Å²) in [6.07, 6.45) is -1.58. The molecule has 1 heterocycles. The van der Waals surface area contributed by atoms with E-state index >= 15 is 0 Å². The number of halogens is 3. The number of nitrogens with two attached hydrogens (primary N) is 1. The third-order valence-electron chi connectivity index (χ3n) is 1.48. The van der Waals surface area contributed by atoms with Gasteiger partial charge < -0.3 is 10.5 Å². The highest BCUT2D eigenvalue weighted by atomic mass is 127. The van der Waals surface area contributed by atoms with Gasteiger partial charge in [0.1, 0.15) is 0 Å². The summed E-state index contributed by atoms with van der Waals surface area (Å²) in [6.45, 7) is 0. The van der Waals surface area contributed by atoms with Crippen LogP contribution in [0.25, 0.3) is 0 Å². The topological polar surface area (TPSA) is 48.1 Å². The Morgan fingerprint density at radius 2 is 2.23 bits per heavy atom. The predicted molar refractivity (Wildman–Crippen MR) is 52.9 cm³/mol. The van der Waals surface area contributed by atoms with Gasteiger partial charge in [0, 0.05) is 6.20 Å². The molecular weight excluding hydrogens is 293 g/mol. The van der Waals surface area contributed by atoms with Crippen molar-refractivity contribution in [1.29, 1.82) is 0 Å². The summed E-state index contributed by atoms with van der Waals surface area (Å²) >= 11 is 1.82. The Labute approximate surface area is 87.4 Å². The molecule has 0 aromatic carbocycles. The molecule has 0 bridgehead atoms. The minimum atomic E-state index is -2.60. The van der Waals surface area contributed by atoms with Crippen LogP contribution < -0.4 is 10.5 Å². The van der Waals surface area contributed by atoms with Crippen LogP contribution in [0.5, 0.6) is 5.88 Å². The van der Waals surface area contributed by atoms with Crippen molar-refractivity contribution < 1.29 is 13.5 Å². The number of rotatable bonds is 2. The molecular formula is C7H7F2IN2O. The zero-order valence-corrected chi connectivity index (χ0v) is 8.88. The van der Waals surface area contributed by atoms with Crippen LogP contribution in [0.2, 0.25) is 0 Å². The molecule has 0 spiro atoms. The van der Waals surface area contributed by atoms with E-state index in [9.17, 15) is 8.78 Å². The van der Waals surface area contributed by atoms with E-state index in [1.165, 1.54) is 7.11 Å². The van der Waals surface area contributed by atoms with Crippen molar-refractivity contribution in [2.45, 2.75) is 6.43 Å². The molecule has 0 aliphatic carbocycles. The first-order valence-corrected chi connectivity index (χ1v) is 4.41. The summed E-state index contributed by atoms with van der Waals surface area (Å²) in [6, 6.07) is 0. The molecule has 0 saturated carbocycles. The average molecular weight is 300 g/mol. The van der Waals surface area contributed by atoms with Gasteiger partial charge in [-0.3, -0.25) is 0 Å². The summed E-state index contributed by atoms with van der Waals surface area (Å²) in [5.41, 5.74) is 5.22. The number of ether oxygens (including phenoxy) is 1. The number of nitrogen functional groups attached to an aromatic ring is 1. The molecule has 0 radical (unpaired) electrons. The maximum atomic E-state index is 12.3. The summed E-state index contributed by atoms with van der Waals surface area (Å²) < 4.78 is 29.8. The number of alkyl halides is 2. The number of hydrogen-bond acceptors (Lipinski definition) is 3. The van der Waals surface area contributed by atoms with Crippen molar-refractivity contribution in [3.63, 3.8) is 0 Å². The number of nitrogens with zero attached hydrogens (tertiary/aromatic N) is 1. The van der Waals surface area contributed by atoms with Gasteiger partial charge in [-0.2, -0.15) is 0 Å². The highest BCUT2D eigenvalue weighted by Crippen LogP contribution is 2.32. The fourth-order valence-corrected chi connectivity index (χ4v) is 1.48. The van der Waals surface area contributed by atoms with Crippen molar-refractivity contribution in [3.05, 3.63) is 15.3 Å². The number of methoxy groups -OCH3 is 1. The second kappa shape index (κ2) is 4.03. The van der Waals surface area contributed by atoms with Crippen LogP contribution in [-0.4, -0.2) is 12.1 Å². The lowest BCUT2D eigenvalue weighted by atomic mass is 10.2. The molecule has 0 aliphatic rings. The van der Waals surface area contributed by atoms with Gasteiger partial charge in [-0.1, -0.05) is 0 Å². The number of pyridine rings is 1. The fourth-order valence-electron chi connectivity index (χ4n) is 0.813. The van der Waals surface area contributed by atoms with Gasteiger partial charge in [0.15, 0.2) is 0 Å². The molecule has 13 heavy (non-hydrogen) atoms. The first-order valence-electron chi connectivity index (χ1n) is 3.34. The maximum Gasteiger partial charge on any atom is 0.267 e. The molecule has 3 nitrogen and oxygen atoms in total. The second-order valence-corrected chi connectivity index (χ2v) is 3.33. The summed E-state index contributed by atoms with van der Waals surface area (Å²) in [4.78, 5) is 3.69. The number of hydrogen-bond donors (Lipinski definition) is 1. The molecule has 0 fully saturated rings. The van der Waals surface area contributed by atoms with Gasteiger partial charge in [-0.25, -0.2) is 13.8 Å². The molecule has 0 saturated heterocycles. The van der Waals surface area contributed by atoms with Crippen molar-refractivity contribution >= 4 is 28.3 Å². The van der Waals surface area contributed by atoms with Gasteiger partial charge in [-0.15, -0.1) is 0 Å². The van der Waals surface area contributed by atoms with Crippen molar-refractivity contribution in [2.24, 2.45) is 0 Å². The maximum absolute atomic E-state index is 12.3. The third-order valence-corrected chi connectivity index (χ3v) is 2.53. The van der Waals surface area contributed by atoms with Crippen molar-refractivity contribution in [2.75, 3.05) is 12.8 Å². The molecule has 0 amide bonds. The molecule has 0 atom stereocenters. The Balaban J connectivity index is 3.23. The van der Waals surface area contributed by atoms with Gasteiger partial charge >= 0.3 is 0 Å². The third kappa shape index (κ3) is 1.98. The van der Waals surface area contributed by atoms with Crippen LogP contribution in [0.15, 0.2) is 6.20 Å². The number of anilines is 1.